The first-order chi connectivity index (χ1) is 13.8. The molecule has 5 heteroatoms. The summed E-state index contributed by atoms with van der Waals surface area (Å²) in [4.78, 5) is 29.6. The van der Waals surface area contributed by atoms with Crippen LogP contribution in [0.3, 0.4) is 0 Å². The molecule has 1 heterocycles. The Bertz CT molecular complexity index is 871. The molecule has 0 aliphatic carbocycles. The highest BCUT2D eigenvalue weighted by molar-refractivity contribution is 6.06. The molecule has 0 bridgehead atoms. The summed E-state index contributed by atoms with van der Waals surface area (Å²) in [6, 6.07) is 15.7. The first-order valence-electron chi connectivity index (χ1n) is 10.2. The van der Waals surface area contributed by atoms with Crippen molar-refractivity contribution >= 4 is 23.3 Å². The van der Waals surface area contributed by atoms with Gasteiger partial charge in [0.2, 0.25) is 5.91 Å². The highest BCUT2D eigenvalue weighted by Crippen LogP contribution is 2.36. The van der Waals surface area contributed by atoms with Crippen LogP contribution in [0.15, 0.2) is 48.5 Å². The van der Waals surface area contributed by atoms with Crippen molar-refractivity contribution in [3.63, 3.8) is 0 Å². The van der Waals surface area contributed by atoms with Gasteiger partial charge in [0, 0.05) is 26.6 Å². The zero-order chi connectivity index (χ0) is 21.0. The van der Waals surface area contributed by atoms with Gasteiger partial charge in [0.25, 0.3) is 0 Å². The Morgan fingerprint density at radius 3 is 2.45 bits per heavy atom. The second-order valence-corrected chi connectivity index (χ2v) is 8.52. The highest BCUT2D eigenvalue weighted by atomic mass is 16.6. The molecule has 3 rings (SSSR count). The van der Waals surface area contributed by atoms with E-state index in [1.54, 1.807) is 11.0 Å². The lowest BCUT2D eigenvalue weighted by molar-refractivity contribution is -0.119. The third kappa shape index (κ3) is 5.17. The average molecular weight is 395 g/mol. The van der Waals surface area contributed by atoms with Gasteiger partial charge in [0.05, 0.1) is 16.9 Å². The van der Waals surface area contributed by atoms with Crippen molar-refractivity contribution in [2.45, 2.75) is 52.2 Å². The molecule has 29 heavy (non-hydrogen) atoms. The standard InChI is InChI=1S/C24H30N2O3/c1-24(2,3)29-23(28)19-13-10-14-20(22(19)26-16-9-8-15-21(26)27)25(4)17-18-11-6-5-7-12-18/h5-7,10-14H,8-9,15-17H2,1-4H3. The maximum atomic E-state index is 13.0. The number of para-hydroxylation sites is 1. The van der Waals surface area contributed by atoms with Gasteiger partial charge in [0.15, 0.2) is 0 Å². The topological polar surface area (TPSA) is 49.9 Å². The van der Waals surface area contributed by atoms with E-state index in [-0.39, 0.29) is 5.91 Å². The van der Waals surface area contributed by atoms with Crippen molar-refractivity contribution < 1.29 is 14.3 Å². The fourth-order valence-corrected chi connectivity index (χ4v) is 3.61. The molecule has 0 atom stereocenters. The fraction of sp³-hybridized carbons (Fsp3) is 0.417. The second-order valence-electron chi connectivity index (χ2n) is 8.52. The molecule has 0 saturated carbocycles. The van der Waals surface area contributed by atoms with Crippen LogP contribution in [0, 0.1) is 0 Å². The van der Waals surface area contributed by atoms with Gasteiger partial charge >= 0.3 is 5.97 Å². The molecule has 1 fully saturated rings. The maximum absolute atomic E-state index is 13.0. The lowest BCUT2D eigenvalue weighted by Gasteiger charge is -2.33. The van der Waals surface area contributed by atoms with E-state index in [0.717, 1.165) is 24.1 Å². The van der Waals surface area contributed by atoms with Crippen LogP contribution in [-0.4, -0.2) is 31.1 Å². The van der Waals surface area contributed by atoms with Crippen LogP contribution >= 0.6 is 0 Å². The zero-order valence-electron chi connectivity index (χ0n) is 17.8. The number of nitrogens with zero attached hydrogens (tertiary/aromatic N) is 2. The van der Waals surface area contributed by atoms with Crippen LogP contribution in [0.25, 0.3) is 0 Å². The Hall–Kier alpha value is -2.82. The number of carbonyl (C=O) groups excluding carboxylic acids is 2. The van der Waals surface area contributed by atoms with Crippen LogP contribution in [0.1, 0.15) is 56.0 Å². The maximum Gasteiger partial charge on any atom is 0.340 e. The van der Waals surface area contributed by atoms with Crippen molar-refractivity contribution in [3.05, 3.63) is 59.7 Å². The number of benzene rings is 2. The molecule has 0 radical (unpaired) electrons. The number of rotatable bonds is 5. The van der Waals surface area contributed by atoms with Gasteiger partial charge in [-0.2, -0.15) is 0 Å². The van der Waals surface area contributed by atoms with E-state index in [2.05, 4.69) is 17.0 Å². The number of hydrogen-bond donors (Lipinski definition) is 0. The number of ether oxygens (including phenoxy) is 1. The van der Waals surface area contributed by atoms with Gasteiger partial charge in [-0.05, 0) is 51.3 Å². The number of amides is 1. The van der Waals surface area contributed by atoms with Gasteiger partial charge in [-0.25, -0.2) is 4.79 Å². The van der Waals surface area contributed by atoms with Crippen molar-refractivity contribution in [3.8, 4) is 0 Å². The Labute approximate surface area is 173 Å². The van der Waals surface area contributed by atoms with Crippen LogP contribution in [0.4, 0.5) is 11.4 Å². The first-order valence-corrected chi connectivity index (χ1v) is 10.2. The number of piperidine rings is 1. The number of carbonyl (C=O) groups is 2. The number of esters is 1. The van der Waals surface area contributed by atoms with E-state index >= 15 is 0 Å². The molecular weight excluding hydrogens is 364 g/mol. The normalized spacial score (nSPS) is 14.6. The van der Waals surface area contributed by atoms with Gasteiger partial charge in [0.1, 0.15) is 5.60 Å². The summed E-state index contributed by atoms with van der Waals surface area (Å²) in [5, 5.41) is 0. The summed E-state index contributed by atoms with van der Waals surface area (Å²) in [6.45, 7) is 6.84. The van der Waals surface area contributed by atoms with E-state index in [9.17, 15) is 9.59 Å². The van der Waals surface area contributed by atoms with Crippen LogP contribution in [-0.2, 0) is 16.1 Å². The first kappa shape index (κ1) is 20.9. The summed E-state index contributed by atoms with van der Waals surface area (Å²) < 4.78 is 5.65. The van der Waals surface area contributed by atoms with E-state index < -0.39 is 11.6 Å². The van der Waals surface area contributed by atoms with Gasteiger partial charge in [-0.15, -0.1) is 0 Å². The molecule has 0 aromatic heterocycles. The third-order valence-electron chi connectivity index (χ3n) is 4.90. The lowest BCUT2D eigenvalue weighted by atomic mass is 10.0. The van der Waals surface area contributed by atoms with Crippen LogP contribution < -0.4 is 9.80 Å². The van der Waals surface area contributed by atoms with E-state index in [1.807, 2.05) is 58.2 Å². The Morgan fingerprint density at radius 2 is 1.79 bits per heavy atom. The van der Waals surface area contributed by atoms with E-state index in [1.165, 1.54) is 0 Å². The number of hydrogen-bond acceptors (Lipinski definition) is 4. The van der Waals surface area contributed by atoms with Gasteiger partial charge in [-0.1, -0.05) is 36.4 Å². The molecule has 1 amide bonds. The monoisotopic (exact) mass is 394 g/mol. The Kier molecular flexibility index (Phi) is 6.26. The third-order valence-corrected chi connectivity index (χ3v) is 4.90. The largest absolute Gasteiger partial charge is 0.456 e. The molecule has 1 saturated heterocycles. The minimum atomic E-state index is -0.605. The highest BCUT2D eigenvalue weighted by Gasteiger charge is 2.30. The van der Waals surface area contributed by atoms with Crippen molar-refractivity contribution in [2.75, 3.05) is 23.4 Å². The van der Waals surface area contributed by atoms with Gasteiger partial charge in [-0.3, -0.25) is 4.79 Å². The van der Waals surface area contributed by atoms with Crippen molar-refractivity contribution in [2.24, 2.45) is 0 Å². The predicted molar refractivity (Wildman–Crippen MR) is 116 cm³/mol. The minimum absolute atomic E-state index is 0.0571. The molecule has 1 aliphatic heterocycles. The summed E-state index contributed by atoms with van der Waals surface area (Å²) >= 11 is 0. The van der Waals surface area contributed by atoms with Gasteiger partial charge < -0.3 is 14.5 Å². The SMILES string of the molecule is CN(Cc1ccccc1)c1cccc(C(=O)OC(C)(C)C)c1N1CCCCC1=O. The lowest BCUT2D eigenvalue weighted by Crippen LogP contribution is -2.38. The zero-order valence-corrected chi connectivity index (χ0v) is 17.8. The molecule has 154 valence electrons. The second kappa shape index (κ2) is 8.68. The van der Waals surface area contributed by atoms with Crippen LogP contribution in [0.2, 0.25) is 0 Å². The van der Waals surface area contributed by atoms with Crippen LogP contribution in [0.5, 0.6) is 0 Å². The Morgan fingerprint density at radius 1 is 1.07 bits per heavy atom. The summed E-state index contributed by atoms with van der Waals surface area (Å²) in [5.41, 5.74) is 2.50. The summed E-state index contributed by atoms with van der Waals surface area (Å²) in [5.74, 6) is -0.345. The van der Waals surface area contributed by atoms with Crippen molar-refractivity contribution in [1.82, 2.24) is 0 Å². The van der Waals surface area contributed by atoms with E-state index in [4.69, 9.17) is 4.74 Å². The average Bonchev–Trinajstić information content (AvgIpc) is 2.67. The molecule has 0 N–H and O–H groups in total. The molecule has 0 unspecified atom stereocenters. The molecule has 5 nitrogen and oxygen atoms in total. The Balaban J connectivity index is 2.03. The smallest absolute Gasteiger partial charge is 0.340 e. The molecule has 2 aromatic rings. The quantitative estimate of drug-likeness (QED) is 0.684. The molecular formula is C24H30N2O3. The minimum Gasteiger partial charge on any atom is -0.456 e. The molecule has 0 spiro atoms. The summed E-state index contributed by atoms with van der Waals surface area (Å²) in [6.07, 6.45) is 2.32. The predicted octanol–water partition coefficient (Wildman–Crippen LogP) is 4.80. The molecule has 1 aliphatic rings. The summed E-state index contributed by atoms with van der Waals surface area (Å²) in [7, 11) is 1.99. The fourth-order valence-electron chi connectivity index (χ4n) is 3.61. The number of anilines is 2. The molecule has 2 aromatic carbocycles. The van der Waals surface area contributed by atoms with Crippen molar-refractivity contribution in [1.29, 1.82) is 0 Å². The van der Waals surface area contributed by atoms with E-state index in [0.29, 0.717) is 30.8 Å².